The Hall–Kier alpha value is -4.20. The lowest BCUT2D eigenvalue weighted by Gasteiger charge is -2.25. The molecule has 0 bridgehead atoms. The second kappa shape index (κ2) is 14.9. The first-order chi connectivity index (χ1) is 16.9. The quantitative estimate of drug-likeness (QED) is 0.0712. The largest absolute Gasteiger partial charge is 0.481 e. The Morgan fingerprint density at radius 2 is 1.44 bits per heavy atom. The number of aliphatic imine (C=N–C) groups is 1. The molecule has 36 heavy (non-hydrogen) atoms. The number of amides is 3. The summed E-state index contributed by atoms with van der Waals surface area (Å²) in [5.41, 5.74) is 16.8. The highest BCUT2D eigenvalue weighted by molar-refractivity contribution is 5.94. The molecule has 11 N–H and O–H groups in total. The number of carboxylic acid groups (broad SMARTS) is 2. The molecule has 0 saturated heterocycles. The molecule has 0 heterocycles. The summed E-state index contributed by atoms with van der Waals surface area (Å²) in [6.07, 6.45) is -0.466. The van der Waals surface area contributed by atoms with Crippen molar-refractivity contribution in [2.45, 2.75) is 56.8 Å². The molecule has 198 valence electrons. The van der Waals surface area contributed by atoms with E-state index in [9.17, 15) is 29.1 Å². The van der Waals surface area contributed by atoms with Gasteiger partial charge in [0.2, 0.25) is 17.7 Å². The van der Waals surface area contributed by atoms with Crippen molar-refractivity contribution in [1.29, 1.82) is 0 Å². The highest BCUT2D eigenvalue weighted by Gasteiger charge is 2.30. The minimum Gasteiger partial charge on any atom is -0.481 e. The van der Waals surface area contributed by atoms with Crippen LogP contribution in [0.25, 0.3) is 0 Å². The number of carboxylic acids is 2. The minimum atomic E-state index is -1.71. The molecule has 0 aliphatic carbocycles. The predicted octanol–water partition coefficient (Wildman–Crippen LogP) is -2.36. The molecule has 14 nitrogen and oxygen atoms in total. The van der Waals surface area contributed by atoms with Crippen LogP contribution in [0.1, 0.15) is 31.7 Å². The summed E-state index contributed by atoms with van der Waals surface area (Å²) >= 11 is 0. The van der Waals surface area contributed by atoms with Gasteiger partial charge in [-0.05, 0) is 25.3 Å². The third-order valence-corrected chi connectivity index (χ3v) is 4.90. The standard InChI is InChI=1S/C22H33N7O7/c1-12(23)18(32)27-14(8-5-9-26-22(24)25)19(33)28-15(10-13-6-3-2-4-7-13)20(34)29-16(21(35)36)11-17(30)31/h2-4,6-7,12,14-16H,5,8-11,23H2,1H3,(H,27,32)(H,28,33)(H,29,34)(H,30,31)(H,35,36)(H4,24,25,26). The monoisotopic (exact) mass is 507 g/mol. The van der Waals surface area contributed by atoms with Gasteiger partial charge in [0.15, 0.2) is 5.96 Å². The van der Waals surface area contributed by atoms with E-state index in [1.165, 1.54) is 6.92 Å². The summed E-state index contributed by atoms with van der Waals surface area (Å²) in [5, 5.41) is 25.4. The Morgan fingerprint density at radius 1 is 0.889 bits per heavy atom. The van der Waals surface area contributed by atoms with Crippen LogP contribution in [0, 0.1) is 0 Å². The highest BCUT2D eigenvalue weighted by Crippen LogP contribution is 2.07. The number of benzene rings is 1. The molecule has 4 atom stereocenters. The van der Waals surface area contributed by atoms with Crippen molar-refractivity contribution >= 4 is 35.6 Å². The van der Waals surface area contributed by atoms with Gasteiger partial charge in [0.1, 0.15) is 18.1 Å². The van der Waals surface area contributed by atoms with Crippen LogP contribution in [-0.2, 0) is 30.4 Å². The van der Waals surface area contributed by atoms with Crippen molar-refractivity contribution in [2.75, 3.05) is 6.54 Å². The molecule has 0 aromatic heterocycles. The third kappa shape index (κ3) is 11.3. The van der Waals surface area contributed by atoms with Crippen LogP contribution in [0.2, 0.25) is 0 Å². The molecule has 3 amide bonds. The predicted molar refractivity (Wildman–Crippen MR) is 129 cm³/mol. The fourth-order valence-corrected chi connectivity index (χ4v) is 3.05. The summed E-state index contributed by atoms with van der Waals surface area (Å²) in [7, 11) is 0. The van der Waals surface area contributed by atoms with E-state index in [4.69, 9.17) is 22.3 Å². The first kappa shape index (κ1) is 29.8. The van der Waals surface area contributed by atoms with Crippen molar-refractivity contribution in [3.05, 3.63) is 35.9 Å². The van der Waals surface area contributed by atoms with E-state index in [0.29, 0.717) is 12.0 Å². The highest BCUT2D eigenvalue weighted by atomic mass is 16.4. The van der Waals surface area contributed by atoms with Crippen LogP contribution in [0.4, 0.5) is 0 Å². The van der Waals surface area contributed by atoms with E-state index in [1.54, 1.807) is 30.3 Å². The maximum Gasteiger partial charge on any atom is 0.326 e. The lowest BCUT2D eigenvalue weighted by molar-refractivity contribution is -0.147. The van der Waals surface area contributed by atoms with Gasteiger partial charge < -0.3 is 43.4 Å². The Bertz CT molecular complexity index is 949. The van der Waals surface area contributed by atoms with Gasteiger partial charge in [-0.1, -0.05) is 30.3 Å². The lowest BCUT2D eigenvalue weighted by Crippen LogP contribution is -2.57. The van der Waals surface area contributed by atoms with Crippen LogP contribution in [0.5, 0.6) is 0 Å². The van der Waals surface area contributed by atoms with E-state index < -0.39 is 60.2 Å². The molecule has 1 aromatic rings. The number of aliphatic carboxylic acids is 2. The van der Waals surface area contributed by atoms with Gasteiger partial charge in [-0.15, -0.1) is 0 Å². The first-order valence-electron chi connectivity index (χ1n) is 11.1. The van der Waals surface area contributed by atoms with E-state index >= 15 is 0 Å². The van der Waals surface area contributed by atoms with Gasteiger partial charge in [-0.25, -0.2) is 4.79 Å². The summed E-state index contributed by atoms with van der Waals surface area (Å²) in [4.78, 5) is 64.4. The van der Waals surface area contributed by atoms with Crippen LogP contribution in [-0.4, -0.2) is 76.5 Å². The fraction of sp³-hybridized carbons (Fsp3) is 0.455. The minimum absolute atomic E-state index is 0.0280. The number of nitrogens with zero attached hydrogens (tertiary/aromatic N) is 1. The molecule has 1 aromatic carbocycles. The van der Waals surface area contributed by atoms with Crippen molar-refractivity contribution in [3.63, 3.8) is 0 Å². The van der Waals surface area contributed by atoms with Gasteiger partial charge in [0, 0.05) is 13.0 Å². The molecular weight excluding hydrogens is 474 g/mol. The molecule has 0 aliphatic rings. The summed E-state index contributed by atoms with van der Waals surface area (Å²) < 4.78 is 0. The zero-order chi connectivity index (χ0) is 27.3. The number of carbonyl (C=O) groups excluding carboxylic acids is 3. The van der Waals surface area contributed by atoms with Crippen LogP contribution >= 0.6 is 0 Å². The Kier molecular flexibility index (Phi) is 12.4. The normalized spacial score (nSPS) is 13.8. The number of hydrogen-bond donors (Lipinski definition) is 8. The summed E-state index contributed by atoms with van der Waals surface area (Å²) in [6, 6.07) is 3.58. The SMILES string of the molecule is CC(N)C(=O)NC(CCCN=C(N)N)C(=O)NC(Cc1ccccc1)C(=O)NC(CC(=O)O)C(=O)O. The van der Waals surface area contributed by atoms with Gasteiger partial charge in [-0.3, -0.25) is 24.2 Å². The number of hydrogen-bond acceptors (Lipinski definition) is 7. The van der Waals surface area contributed by atoms with Crippen LogP contribution < -0.4 is 33.2 Å². The number of nitrogens with one attached hydrogen (secondary N) is 3. The number of guanidine groups is 1. The maximum absolute atomic E-state index is 13.1. The Labute approximate surface area is 207 Å². The van der Waals surface area contributed by atoms with Gasteiger partial charge in [0.25, 0.3) is 0 Å². The maximum atomic E-state index is 13.1. The van der Waals surface area contributed by atoms with Crippen molar-refractivity contribution in [2.24, 2.45) is 22.2 Å². The van der Waals surface area contributed by atoms with Crippen molar-refractivity contribution in [3.8, 4) is 0 Å². The van der Waals surface area contributed by atoms with E-state index in [1.807, 2.05) is 0 Å². The summed E-state index contributed by atoms with van der Waals surface area (Å²) in [5.74, 6) is -5.34. The topological polar surface area (TPSA) is 252 Å². The molecule has 1 rings (SSSR count). The van der Waals surface area contributed by atoms with Crippen molar-refractivity contribution in [1.82, 2.24) is 16.0 Å². The molecule has 0 fully saturated rings. The van der Waals surface area contributed by atoms with E-state index in [2.05, 4.69) is 20.9 Å². The second-order valence-corrected chi connectivity index (χ2v) is 8.05. The zero-order valence-corrected chi connectivity index (χ0v) is 19.8. The molecule has 0 spiro atoms. The molecule has 0 saturated carbocycles. The molecule has 0 radical (unpaired) electrons. The average Bonchev–Trinajstić information content (AvgIpc) is 2.79. The van der Waals surface area contributed by atoms with Crippen LogP contribution in [0.3, 0.4) is 0 Å². The van der Waals surface area contributed by atoms with Crippen LogP contribution in [0.15, 0.2) is 35.3 Å². The molecular formula is C22H33N7O7. The summed E-state index contributed by atoms with van der Waals surface area (Å²) in [6.45, 7) is 1.62. The molecule has 0 aliphatic heterocycles. The average molecular weight is 508 g/mol. The Balaban J connectivity index is 3.11. The molecule has 14 heteroatoms. The lowest BCUT2D eigenvalue weighted by atomic mass is 10.0. The second-order valence-electron chi connectivity index (χ2n) is 8.05. The van der Waals surface area contributed by atoms with Crippen molar-refractivity contribution < 1.29 is 34.2 Å². The molecule has 4 unspecified atom stereocenters. The van der Waals surface area contributed by atoms with E-state index in [-0.39, 0.29) is 25.3 Å². The Morgan fingerprint density at radius 3 is 1.97 bits per heavy atom. The smallest absolute Gasteiger partial charge is 0.326 e. The van der Waals surface area contributed by atoms with Gasteiger partial charge in [-0.2, -0.15) is 0 Å². The third-order valence-electron chi connectivity index (χ3n) is 4.90. The fourth-order valence-electron chi connectivity index (χ4n) is 3.05. The number of carbonyl (C=O) groups is 5. The number of nitrogens with two attached hydrogens (primary N) is 3. The van der Waals surface area contributed by atoms with E-state index in [0.717, 1.165) is 0 Å². The van der Waals surface area contributed by atoms with Gasteiger partial charge in [0.05, 0.1) is 12.5 Å². The first-order valence-corrected chi connectivity index (χ1v) is 11.1. The zero-order valence-electron chi connectivity index (χ0n) is 19.8. The number of rotatable bonds is 15. The van der Waals surface area contributed by atoms with Gasteiger partial charge >= 0.3 is 11.9 Å².